The van der Waals surface area contributed by atoms with Gasteiger partial charge in [0.1, 0.15) is 5.75 Å². The molecule has 9 rings (SSSR count). The Morgan fingerprint density at radius 2 is 1.18 bits per heavy atom. The van der Waals surface area contributed by atoms with Crippen LogP contribution < -0.4 is 9.64 Å². The van der Waals surface area contributed by atoms with Crippen molar-refractivity contribution in [3.63, 3.8) is 0 Å². The number of benzene rings is 7. The average Bonchev–Trinajstić information content (AvgIpc) is 3.21. The number of rotatable bonds is 3. The van der Waals surface area contributed by atoms with Crippen molar-refractivity contribution in [2.24, 2.45) is 0 Å². The van der Waals surface area contributed by atoms with Gasteiger partial charge in [0.15, 0.2) is 5.75 Å². The van der Waals surface area contributed by atoms with E-state index in [1.54, 1.807) is 0 Å². The predicted molar refractivity (Wildman–Crippen MR) is 187 cm³/mol. The van der Waals surface area contributed by atoms with Crippen LogP contribution >= 0.6 is 0 Å². The van der Waals surface area contributed by atoms with E-state index in [0.717, 1.165) is 39.7 Å². The van der Waals surface area contributed by atoms with Gasteiger partial charge in [-0.05, 0) is 75.0 Å². The second-order valence-corrected chi connectivity index (χ2v) is 12.5. The fraction of sp³-hybridized carbons (Fsp3) is 0.0698. The molecule has 0 amide bonds. The molecule has 0 spiro atoms. The molecule has 2 heteroatoms. The molecular formula is C43H31NO. The summed E-state index contributed by atoms with van der Waals surface area (Å²) in [6, 6.07) is 54.5. The number of para-hydroxylation sites is 3. The molecule has 214 valence electrons. The highest BCUT2D eigenvalue weighted by Crippen LogP contribution is 2.55. The molecule has 1 aliphatic heterocycles. The lowest BCUT2D eigenvalue weighted by Crippen LogP contribution is -2.16. The first-order valence-corrected chi connectivity index (χ1v) is 15.6. The lowest BCUT2D eigenvalue weighted by Gasteiger charge is -2.30. The Balaban J connectivity index is 1.32. The molecule has 0 unspecified atom stereocenters. The van der Waals surface area contributed by atoms with Crippen LogP contribution in [0.3, 0.4) is 0 Å². The van der Waals surface area contributed by atoms with Crippen LogP contribution in [0, 0.1) is 0 Å². The van der Waals surface area contributed by atoms with Crippen LogP contribution in [-0.4, -0.2) is 0 Å². The van der Waals surface area contributed by atoms with E-state index >= 15 is 0 Å². The van der Waals surface area contributed by atoms with E-state index in [1.165, 1.54) is 44.2 Å². The first kappa shape index (κ1) is 25.9. The second kappa shape index (κ2) is 9.70. The zero-order chi connectivity index (χ0) is 30.1. The van der Waals surface area contributed by atoms with Crippen molar-refractivity contribution in [1.29, 1.82) is 0 Å². The van der Waals surface area contributed by atoms with Gasteiger partial charge in [-0.3, -0.25) is 0 Å². The zero-order valence-corrected chi connectivity index (χ0v) is 25.3. The molecule has 1 heterocycles. The summed E-state index contributed by atoms with van der Waals surface area (Å²) < 4.78 is 7.03. The van der Waals surface area contributed by atoms with Crippen LogP contribution in [0.15, 0.2) is 152 Å². The molecule has 0 saturated heterocycles. The molecule has 0 aromatic heterocycles. The minimum Gasteiger partial charge on any atom is -0.454 e. The monoisotopic (exact) mass is 577 g/mol. The van der Waals surface area contributed by atoms with E-state index in [-0.39, 0.29) is 5.41 Å². The summed E-state index contributed by atoms with van der Waals surface area (Å²) in [6.45, 7) is 4.68. The van der Waals surface area contributed by atoms with Gasteiger partial charge < -0.3 is 9.64 Å². The minimum atomic E-state index is -0.106. The van der Waals surface area contributed by atoms with Crippen LogP contribution in [0.5, 0.6) is 11.5 Å². The third-order valence-corrected chi connectivity index (χ3v) is 9.66. The smallest absolute Gasteiger partial charge is 0.159 e. The highest BCUT2D eigenvalue weighted by Gasteiger charge is 2.36. The summed E-state index contributed by atoms with van der Waals surface area (Å²) in [4.78, 5) is 2.36. The fourth-order valence-electron chi connectivity index (χ4n) is 7.51. The quantitative estimate of drug-likeness (QED) is 0.207. The minimum absolute atomic E-state index is 0.106. The van der Waals surface area contributed by atoms with Crippen LogP contribution in [0.1, 0.15) is 25.0 Å². The lowest BCUT2D eigenvalue weighted by molar-refractivity contribution is 0.489. The normalized spacial score (nSPS) is 13.5. The number of anilines is 3. The van der Waals surface area contributed by atoms with Crippen molar-refractivity contribution in [1.82, 2.24) is 0 Å². The van der Waals surface area contributed by atoms with Gasteiger partial charge in [-0.1, -0.05) is 129 Å². The van der Waals surface area contributed by atoms with E-state index in [1.807, 2.05) is 0 Å². The van der Waals surface area contributed by atoms with Gasteiger partial charge in [0.05, 0.1) is 5.69 Å². The average molecular weight is 578 g/mol. The van der Waals surface area contributed by atoms with Crippen molar-refractivity contribution in [3.8, 4) is 44.9 Å². The molecule has 7 aromatic carbocycles. The molecule has 0 saturated carbocycles. The third kappa shape index (κ3) is 3.82. The van der Waals surface area contributed by atoms with E-state index in [2.05, 4.69) is 170 Å². The van der Waals surface area contributed by atoms with E-state index in [0.29, 0.717) is 0 Å². The first-order chi connectivity index (χ1) is 22.1. The highest BCUT2D eigenvalue weighted by atomic mass is 16.5. The number of hydrogen-bond donors (Lipinski definition) is 0. The van der Waals surface area contributed by atoms with E-state index in [4.69, 9.17) is 4.74 Å². The molecular weight excluding hydrogens is 546 g/mol. The predicted octanol–water partition coefficient (Wildman–Crippen LogP) is 12.1. The summed E-state index contributed by atoms with van der Waals surface area (Å²) in [6.07, 6.45) is 0. The molecule has 0 atom stereocenters. The number of hydrogen-bond acceptors (Lipinski definition) is 2. The molecule has 2 aliphatic rings. The Kier molecular flexibility index (Phi) is 5.58. The maximum atomic E-state index is 7.03. The number of fused-ring (bicyclic) bond motifs is 10. The lowest BCUT2D eigenvalue weighted by atomic mass is 9.82. The van der Waals surface area contributed by atoms with Gasteiger partial charge in [0, 0.05) is 33.5 Å². The van der Waals surface area contributed by atoms with Crippen LogP contribution in [0.2, 0.25) is 0 Å². The van der Waals surface area contributed by atoms with Crippen LogP contribution in [0.4, 0.5) is 17.1 Å². The topological polar surface area (TPSA) is 12.5 Å². The molecule has 1 aliphatic carbocycles. The standard InChI is InChI=1S/C43H31NO/c1-43(2)37-20-10-8-17-32(37)33-26-24-30(27-38(33)43)44(29-14-4-3-5-15-29)39-21-12-19-36-41-31-16-7-6-13-28(31)23-25-35(41)34-18-9-11-22-40(34)45-42(36)39/h3-27H,1-2H3. The Hall–Kier alpha value is -5.60. The Morgan fingerprint density at radius 1 is 0.489 bits per heavy atom. The molecule has 0 bridgehead atoms. The Labute approximate surface area is 263 Å². The van der Waals surface area contributed by atoms with Crippen molar-refractivity contribution in [2.45, 2.75) is 19.3 Å². The summed E-state index contributed by atoms with van der Waals surface area (Å²) in [5.74, 6) is 1.71. The van der Waals surface area contributed by atoms with Gasteiger partial charge in [-0.15, -0.1) is 0 Å². The number of nitrogens with zero attached hydrogens (tertiary/aromatic N) is 1. The van der Waals surface area contributed by atoms with Crippen molar-refractivity contribution in [2.75, 3.05) is 4.90 Å². The summed E-state index contributed by atoms with van der Waals surface area (Å²) in [7, 11) is 0. The molecule has 45 heavy (non-hydrogen) atoms. The number of ether oxygens (including phenoxy) is 1. The van der Waals surface area contributed by atoms with Crippen molar-refractivity contribution >= 4 is 27.8 Å². The molecule has 0 fully saturated rings. The Bertz CT molecular complexity index is 2280. The summed E-state index contributed by atoms with van der Waals surface area (Å²) in [5.41, 5.74) is 13.0. The first-order valence-electron chi connectivity index (χ1n) is 15.6. The van der Waals surface area contributed by atoms with E-state index < -0.39 is 0 Å². The molecule has 2 nitrogen and oxygen atoms in total. The largest absolute Gasteiger partial charge is 0.454 e. The van der Waals surface area contributed by atoms with Crippen LogP contribution in [0.25, 0.3) is 44.2 Å². The van der Waals surface area contributed by atoms with Crippen LogP contribution in [-0.2, 0) is 5.41 Å². The maximum Gasteiger partial charge on any atom is 0.159 e. The molecule has 7 aromatic rings. The third-order valence-electron chi connectivity index (χ3n) is 9.66. The van der Waals surface area contributed by atoms with Gasteiger partial charge in [-0.2, -0.15) is 0 Å². The van der Waals surface area contributed by atoms with Gasteiger partial charge in [0.25, 0.3) is 0 Å². The molecule has 0 N–H and O–H groups in total. The Morgan fingerprint density at radius 3 is 2.07 bits per heavy atom. The highest BCUT2D eigenvalue weighted by molar-refractivity contribution is 6.08. The van der Waals surface area contributed by atoms with Gasteiger partial charge >= 0.3 is 0 Å². The van der Waals surface area contributed by atoms with Gasteiger partial charge in [0.2, 0.25) is 0 Å². The van der Waals surface area contributed by atoms with E-state index in [9.17, 15) is 0 Å². The van der Waals surface area contributed by atoms with Crippen molar-refractivity contribution in [3.05, 3.63) is 163 Å². The zero-order valence-electron chi connectivity index (χ0n) is 25.3. The SMILES string of the molecule is CC1(C)c2ccccc2-c2ccc(N(c3ccccc3)c3cccc4c3Oc3ccccc3-c3ccc5ccccc5c3-4)cc21. The second-order valence-electron chi connectivity index (χ2n) is 12.5. The summed E-state index contributed by atoms with van der Waals surface area (Å²) in [5, 5.41) is 2.43. The maximum absolute atomic E-state index is 7.03. The summed E-state index contributed by atoms with van der Waals surface area (Å²) >= 11 is 0. The van der Waals surface area contributed by atoms with Gasteiger partial charge in [-0.25, -0.2) is 0 Å². The van der Waals surface area contributed by atoms with Crippen molar-refractivity contribution < 1.29 is 4.74 Å². The molecule has 0 radical (unpaired) electrons. The fourth-order valence-corrected chi connectivity index (χ4v) is 7.51.